The number of likely N-dealkylation sites (N-methyl/N-ethyl adjacent to an activating group) is 1. The molecule has 2 aliphatic rings. The predicted molar refractivity (Wildman–Crippen MR) is 82.7 cm³/mol. The highest BCUT2D eigenvalue weighted by Gasteiger charge is 2.19. The number of amides is 1. The summed E-state index contributed by atoms with van der Waals surface area (Å²) in [6.07, 6.45) is 8.68. The molecular weight excluding hydrogens is 250 g/mol. The summed E-state index contributed by atoms with van der Waals surface area (Å²) in [6, 6.07) is 0. The number of carbonyl (C=O) groups excluding carboxylic acids is 1. The number of nitrogens with zero attached hydrogens (tertiary/aromatic N) is 2. The van der Waals surface area contributed by atoms with Crippen LogP contribution in [0.1, 0.15) is 39.0 Å². The lowest BCUT2D eigenvalue weighted by molar-refractivity contribution is -0.131. The van der Waals surface area contributed by atoms with Crippen LogP contribution in [0.5, 0.6) is 0 Å². The molecule has 0 saturated carbocycles. The highest BCUT2D eigenvalue weighted by molar-refractivity contribution is 5.78. The number of allylic oxidation sites excluding steroid dienone is 1. The van der Waals surface area contributed by atoms with Gasteiger partial charge in [-0.1, -0.05) is 18.6 Å². The third kappa shape index (κ3) is 4.91. The minimum Gasteiger partial charge on any atom is -0.339 e. The first kappa shape index (κ1) is 15.5. The van der Waals surface area contributed by atoms with Crippen LogP contribution >= 0.6 is 0 Å². The highest BCUT2D eigenvalue weighted by atomic mass is 16.2. The van der Waals surface area contributed by atoms with Crippen molar-refractivity contribution in [1.29, 1.82) is 0 Å². The Morgan fingerprint density at radius 2 is 2.05 bits per heavy atom. The fourth-order valence-electron chi connectivity index (χ4n) is 3.00. The van der Waals surface area contributed by atoms with Crippen molar-refractivity contribution in [2.75, 3.05) is 45.8 Å². The molecule has 1 aliphatic carbocycles. The molecule has 0 radical (unpaired) electrons. The molecule has 114 valence electrons. The number of carbonyl (C=O) groups is 1. The largest absolute Gasteiger partial charge is 0.339 e. The van der Waals surface area contributed by atoms with Crippen LogP contribution in [0.15, 0.2) is 11.6 Å². The lowest BCUT2D eigenvalue weighted by atomic mass is 9.97. The Bertz CT molecular complexity index is 333. The molecule has 4 heteroatoms. The van der Waals surface area contributed by atoms with Crippen LogP contribution in [0.4, 0.5) is 0 Å². The minimum atomic E-state index is 0.262. The van der Waals surface area contributed by atoms with Crippen molar-refractivity contribution in [2.24, 2.45) is 0 Å². The van der Waals surface area contributed by atoms with Crippen LogP contribution in [0.3, 0.4) is 0 Å². The quantitative estimate of drug-likeness (QED) is 0.593. The van der Waals surface area contributed by atoms with Gasteiger partial charge in [0.05, 0.1) is 6.54 Å². The van der Waals surface area contributed by atoms with E-state index in [0.717, 1.165) is 45.7 Å². The number of piperazine rings is 1. The van der Waals surface area contributed by atoms with E-state index in [2.05, 4.69) is 23.2 Å². The van der Waals surface area contributed by atoms with E-state index in [9.17, 15) is 4.79 Å². The second kappa shape index (κ2) is 8.42. The van der Waals surface area contributed by atoms with E-state index >= 15 is 0 Å². The molecule has 0 aromatic rings. The normalized spacial score (nSPS) is 20.9. The van der Waals surface area contributed by atoms with Crippen LogP contribution in [-0.4, -0.2) is 61.5 Å². The zero-order valence-corrected chi connectivity index (χ0v) is 12.9. The number of nitrogens with one attached hydrogen (secondary N) is 1. The first-order chi connectivity index (χ1) is 9.79. The average molecular weight is 279 g/mol. The minimum absolute atomic E-state index is 0.262. The Labute approximate surface area is 123 Å². The molecule has 2 rings (SSSR count). The second-order valence-electron chi connectivity index (χ2n) is 5.85. The maximum Gasteiger partial charge on any atom is 0.236 e. The summed E-state index contributed by atoms with van der Waals surface area (Å²) in [4.78, 5) is 16.5. The van der Waals surface area contributed by atoms with Crippen molar-refractivity contribution < 1.29 is 4.79 Å². The molecule has 1 amide bonds. The molecule has 0 bridgehead atoms. The van der Waals surface area contributed by atoms with Crippen LogP contribution < -0.4 is 5.32 Å². The van der Waals surface area contributed by atoms with Crippen molar-refractivity contribution in [3.63, 3.8) is 0 Å². The average Bonchev–Trinajstić information content (AvgIpc) is 2.52. The van der Waals surface area contributed by atoms with Crippen molar-refractivity contribution in [3.05, 3.63) is 11.6 Å². The molecule has 1 aliphatic heterocycles. The van der Waals surface area contributed by atoms with E-state index in [4.69, 9.17) is 0 Å². The first-order valence-electron chi connectivity index (χ1n) is 8.18. The summed E-state index contributed by atoms with van der Waals surface area (Å²) < 4.78 is 0. The van der Waals surface area contributed by atoms with Gasteiger partial charge in [0.15, 0.2) is 0 Å². The summed E-state index contributed by atoms with van der Waals surface area (Å²) >= 11 is 0. The van der Waals surface area contributed by atoms with Gasteiger partial charge < -0.3 is 15.1 Å². The Hall–Kier alpha value is -0.870. The first-order valence-corrected chi connectivity index (χ1v) is 8.18. The molecule has 0 spiro atoms. The molecule has 0 aromatic carbocycles. The van der Waals surface area contributed by atoms with Crippen LogP contribution in [0, 0.1) is 0 Å². The van der Waals surface area contributed by atoms with E-state index in [1.54, 1.807) is 5.57 Å². The summed E-state index contributed by atoms with van der Waals surface area (Å²) in [6.45, 7) is 8.53. The SMILES string of the molecule is CCN1CCN(C(=O)CNCCC2=CCCCC2)CC1. The predicted octanol–water partition coefficient (Wildman–Crippen LogP) is 1.63. The van der Waals surface area contributed by atoms with Gasteiger partial charge in [0.1, 0.15) is 0 Å². The zero-order valence-electron chi connectivity index (χ0n) is 12.9. The second-order valence-corrected chi connectivity index (χ2v) is 5.85. The fourth-order valence-corrected chi connectivity index (χ4v) is 3.00. The molecular formula is C16H29N3O. The van der Waals surface area contributed by atoms with Crippen LogP contribution in [0.25, 0.3) is 0 Å². The molecule has 0 aromatic heterocycles. The molecule has 4 nitrogen and oxygen atoms in total. The van der Waals surface area contributed by atoms with Crippen molar-refractivity contribution in [2.45, 2.75) is 39.0 Å². The summed E-state index contributed by atoms with van der Waals surface area (Å²) in [7, 11) is 0. The van der Waals surface area contributed by atoms with Crippen LogP contribution in [-0.2, 0) is 4.79 Å². The van der Waals surface area contributed by atoms with Crippen LogP contribution in [0.2, 0.25) is 0 Å². The molecule has 20 heavy (non-hydrogen) atoms. The number of hydrogen-bond donors (Lipinski definition) is 1. The van der Waals surface area contributed by atoms with Crippen molar-refractivity contribution in [3.8, 4) is 0 Å². The Balaban J connectivity index is 1.57. The Kier molecular flexibility index (Phi) is 6.54. The smallest absolute Gasteiger partial charge is 0.236 e. The van der Waals surface area contributed by atoms with Gasteiger partial charge in [0.2, 0.25) is 5.91 Å². The molecule has 1 saturated heterocycles. The zero-order chi connectivity index (χ0) is 14.2. The van der Waals surface area contributed by atoms with E-state index in [-0.39, 0.29) is 5.91 Å². The van der Waals surface area contributed by atoms with Gasteiger partial charge in [0, 0.05) is 26.2 Å². The van der Waals surface area contributed by atoms with Gasteiger partial charge >= 0.3 is 0 Å². The van der Waals surface area contributed by atoms with Gasteiger partial charge in [-0.05, 0) is 45.2 Å². The Morgan fingerprint density at radius 3 is 2.70 bits per heavy atom. The lowest BCUT2D eigenvalue weighted by Gasteiger charge is -2.34. The molecule has 1 fully saturated rings. The van der Waals surface area contributed by atoms with Gasteiger partial charge in [-0.15, -0.1) is 0 Å². The summed E-state index contributed by atoms with van der Waals surface area (Å²) in [5, 5.41) is 3.31. The van der Waals surface area contributed by atoms with Gasteiger partial charge in [0.25, 0.3) is 0 Å². The Morgan fingerprint density at radius 1 is 1.25 bits per heavy atom. The fraction of sp³-hybridized carbons (Fsp3) is 0.812. The third-order valence-corrected chi connectivity index (χ3v) is 4.46. The topological polar surface area (TPSA) is 35.6 Å². The number of rotatable bonds is 6. The maximum atomic E-state index is 12.1. The standard InChI is InChI=1S/C16H29N3O/c1-2-18-10-12-19(13-11-18)16(20)14-17-9-8-15-6-4-3-5-7-15/h6,17H,2-5,7-14H2,1H3. The van der Waals surface area contributed by atoms with E-state index in [1.807, 2.05) is 4.90 Å². The van der Waals surface area contributed by atoms with E-state index in [1.165, 1.54) is 25.7 Å². The monoisotopic (exact) mass is 279 g/mol. The number of hydrogen-bond acceptors (Lipinski definition) is 3. The molecule has 0 unspecified atom stereocenters. The van der Waals surface area contributed by atoms with Gasteiger partial charge in [-0.2, -0.15) is 0 Å². The van der Waals surface area contributed by atoms with Gasteiger partial charge in [-0.25, -0.2) is 0 Å². The van der Waals surface area contributed by atoms with E-state index in [0.29, 0.717) is 6.54 Å². The lowest BCUT2D eigenvalue weighted by Crippen LogP contribution is -2.50. The third-order valence-electron chi connectivity index (χ3n) is 4.46. The molecule has 1 heterocycles. The summed E-state index contributed by atoms with van der Waals surface area (Å²) in [5.41, 5.74) is 1.58. The molecule has 1 N–H and O–H groups in total. The summed E-state index contributed by atoms with van der Waals surface area (Å²) in [5.74, 6) is 0.262. The molecule has 0 atom stereocenters. The van der Waals surface area contributed by atoms with Gasteiger partial charge in [-0.3, -0.25) is 4.79 Å². The van der Waals surface area contributed by atoms with Crippen molar-refractivity contribution in [1.82, 2.24) is 15.1 Å². The van der Waals surface area contributed by atoms with Crippen molar-refractivity contribution >= 4 is 5.91 Å². The maximum absolute atomic E-state index is 12.1. The van der Waals surface area contributed by atoms with E-state index < -0.39 is 0 Å². The highest BCUT2D eigenvalue weighted by Crippen LogP contribution is 2.19.